The lowest BCUT2D eigenvalue weighted by atomic mass is 10.1. The summed E-state index contributed by atoms with van der Waals surface area (Å²) >= 11 is 0. The molecule has 0 saturated carbocycles. The van der Waals surface area contributed by atoms with Crippen LogP contribution in [0.2, 0.25) is 0 Å². The number of fused-ring (bicyclic) bond motifs is 2. The largest absolute Gasteiger partial charge is 0.484 e. The maximum atomic E-state index is 12.2. The van der Waals surface area contributed by atoms with Crippen LogP contribution in [0.15, 0.2) is 79.0 Å². The lowest BCUT2D eigenvalue weighted by molar-refractivity contribution is -0.118. The maximum Gasteiger partial charge on any atom is 0.262 e. The van der Waals surface area contributed by atoms with E-state index in [-0.39, 0.29) is 12.5 Å². The molecule has 3 aromatic carbocycles. The van der Waals surface area contributed by atoms with Gasteiger partial charge in [-0.25, -0.2) is 0 Å². The van der Waals surface area contributed by atoms with Gasteiger partial charge in [-0.15, -0.1) is 0 Å². The van der Waals surface area contributed by atoms with E-state index in [9.17, 15) is 4.79 Å². The van der Waals surface area contributed by atoms with Crippen molar-refractivity contribution >= 4 is 33.3 Å². The highest BCUT2D eigenvalue weighted by Gasteiger charge is 2.07. The van der Waals surface area contributed by atoms with E-state index in [1.54, 1.807) is 6.20 Å². The SMILES string of the molecule is O=C(COc1ccc2ccccc2c1)Nc1cccc2ncccc12. The van der Waals surface area contributed by atoms with Crippen molar-refractivity contribution in [2.75, 3.05) is 11.9 Å². The molecule has 25 heavy (non-hydrogen) atoms. The topological polar surface area (TPSA) is 51.2 Å². The van der Waals surface area contributed by atoms with Gasteiger partial charge in [0.25, 0.3) is 5.91 Å². The number of nitrogens with zero attached hydrogens (tertiary/aromatic N) is 1. The van der Waals surface area contributed by atoms with Gasteiger partial charge >= 0.3 is 0 Å². The molecule has 4 nitrogen and oxygen atoms in total. The third-order valence-corrected chi connectivity index (χ3v) is 4.01. The number of aromatic nitrogens is 1. The second-order valence-corrected chi connectivity index (χ2v) is 5.72. The molecule has 1 heterocycles. The molecule has 1 aromatic heterocycles. The van der Waals surface area contributed by atoms with Gasteiger partial charge in [-0.1, -0.05) is 36.4 Å². The molecule has 4 heteroatoms. The van der Waals surface area contributed by atoms with E-state index < -0.39 is 0 Å². The predicted octanol–water partition coefficient (Wildman–Crippen LogP) is 4.41. The van der Waals surface area contributed by atoms with Crippen molar-refractivity contribution in [2.24, 2.45) is 0 Å². The molecule has 0 radical (unpaired) electrons. The van der Waals surface area contributed by atoms with Gasteiger partial charge in [0.1, 0.15) is 5.75 Å². The zero-order chi connectivity index (χ0) is 17.1. The number of hydrogen-bond acceptors (Lipinski definition) is 3. The maximum absolute atomic E-state index is 12.2. The van der Waals surface area contributed by atoms with Gasteiger partial charge in [0.05, 0.1) is 11.2 Å². The number of rotatable bonds is 4. The zero-order valence-electron chi connectivity index (χ0n) is 13.5. The van der Waals surface area contributed by atoms with Crippen LogP contribution in [0.4, 0.5) is 5.69 Å². The highest BCUT2D eigenvalue weighted by Crippen LogP contribution is 2.22. The average molecular weight is 328 g/mol. The van der Waals surface area contributed by atoms with Crippen LogP contribution in [0.25, 0.3) is 21.7 Å². The van der Waals surface area contributed by atoms with Gasteiger partial charge in [-0.3, -0.25) is 9.78 Å². The second kappa shape index (κ2) is 6.61. The van der Waals surface area contributed by atoms with Crippen molar-refractivity contribution in [3.63, 3.8) is 0 Å². The normalized spacial score (nSPS) is 10.7. The number of carbonyl (C=O) groups excluding carboxylic acids is 1. The Morgan fingerprint density at radius 1 is 0.920 bits per heavy atom. The fourth-order valence-corrected chi connectivity index (χ4v) is 2.80. The Kier molecular flexibility index (Phi) is 4.01. The number of carbonyl (C=O) groups is 1. The standard InChI is InChI=1S/C21H16N2O2/c24-21(23-20-9-3-8-19-18(20)7-4-12-22-19)14-25-17-11-10-15-5-1-2-6-16(15)13-17/h1-13H,14H2,(H,23,24). The van der Waals surface area contributed by atoms with Gasteiger partial charge in [-0.2, -0.15) is 0 Å². The van der Waals surface area contributed by atoms with Crippen LogP contribution in [0.5, 0.6) is 5.75 Å². The molecule has 0 fully saturated rings. The van der Waals surface area contributed by atoms with Crippen molar-refractivity contribution < 1.29 is 9.53 Å². The van der Waals surface area contributed by atoms with E-state index in [4.69, 9.17) is 4.74 Å². The fourth-order valence-electron chi connectivity index (χ4n) is 2.80. The summed E-state index contributed by atoms with van der Waals surface area (Å²) in [6.07, 6.45) is 1.73. The molecule has 0 aliphatic rings. The number of ether oxygens (including phenoxy) is 1. The second-order valence-electron chi connectivity index (χ2n) is 5.72. The van der Waals surface area contributed by atoms with Gasteiger partial charge in [0.2, 0.25) is 0 Å². The molecular weight excluding hydrogens is 312 g/mol. The molecule has 1 N–H and O–H groups in total. The molecule has 0 aliphatic carbocycles. The minimum absolute atomic E-state index is 0.0466. The van der Waals surface area contributed by atoms with Gasteiger partial charge in [0, 0.05) is 11.6 Å². The molecule has 4 rings (SSSR count). The zero-order valence-corrected chi connectivity index (χ0v) is 13.5. The van der Waals surface area contributed by atoms with E-state index in [1.165, 1.54) is 0 Å². The Bertz CT molecular complexity index is 1050. The quantitative estimate of drug-likeness (QED) is 0.604. The number of nitrogens with one attached hydrogen (secondary N) is 1. The summed E-state index contributed by atoms with van der Waals surface area (Å²) in [5.74, 6) is 0.470. The van der Waals surface area contributed by atoms with Crippen LogP contribution in [0, 0.1) is 0 Å². The smallest absolute Gasteiger partial charge is 0.262 e. The summed E-state index contributed by atoms with van der Waals surface area (Å²) < 4.78 is 5.63. The molecule has 0 bridgehead atoms. The summed E-state index contributed by atoms with van der Waals surface area (Å²) in [5.41, 5.74) is 1.58. The molecule has 0 atom stereocenters. The van der Waals surface area contributed by atoms with Crippen LogP contribution in [-0.2, 0) is 4.79 Å². The van der Waals surface area contributed by atoms with Crippen LogP contribution < -0.4 is 10.1 Å². The van der Waals surface area contributed by atoms with E-state index in [2.05, 4.69) is 10.3 Å². The summed E-state index contributed by atoms with van der Waals surface area (Å²) in [4.78, 5) is 16.5. The Labute approximate surface area is 145 Å². The molecule has 0 unspecified atom stereocenters. The van der Waals surface area contributed by atoms with Crippen molar-refractivity contribution in [1.82, 2.24) is 4.98 Å². The van der Waals surface area contributed by atoms with E-state index in [1.807, 2.05) is 72.8 Å². The Balaban J connectivity index is 1.46. The van der Waals surface area contributed by atoms with Crippen LogP contribution in [-0.4, -0.2) is 17.5 Å². The van der Waals surface area contributed by atoms with E-state index in [0.29, 0.717) is 5.75 Å². The van der Waals surface area contributed by atoms with E-state index >= 15 is 0 Å². The minimum atomic E-state index is -0.204. The van der Waals surface area contributed by atoms with Crippen LogP contribution in [0.1, 0.15) is 0 Å². The number of hydrogen-bond donors (Lipinski definition) is 1. The molecule has 0 spiro atoms. The summed E-state index contributed by atoms with van der Waals surface area (Å²) in [6, 6.07) is 23.3. The number of pyridine rings is 1. The van der Waals surface area contributed by atoms with E-state index in [0.717, 1.165) is 27.4 Å². The Hall–Kier alpha value is -3.40. The summed E-state index contributed by atoms with van der Waals surface area (Å²) in [5, 5.41) is 6.02. The molecule has 4 aromatic rings. The number of benzene rings is 3. The van der Waals surface area contributed by atoms with Gasteiger partial charge in [-0.05, 0) is 47.2 Å². The minimum Gasteiger partial charge on any atom is -0.484 e. The van der Waals surface area contributed by atoms with Crippen LogP contribution >= 0.6 is 0 Å². The first-order valence-corrected chi connectivity index (χ1v) is 8.05. The number of amides is 1. The van der Waals surface area contributed by atoms with Crippen molar-refractivity contribution in [1.29, 1.82) is 0 Å². The van der Waals surface area contributed by atoms with Crippen molar-refractivity contribution in [2.45, 2.75) is 0 Å². The third kappa shape index (κ3) is 3.28. The lowest BCUT2D eigenvalue weighted by Crippen LogP contribution is -2.20. The van der Waals surface area contributed by atoms with Crippen molar-refractivity contribution in [3.8, 4) is 5.75 Å². The molecular formula is C21H16N2O2. The Morgan fingerprint density at radius 3 is 2.72 bits per heavy atom. The summed E-state index contributed by atoms with van der Waals surface area (Å²) in [7, 11) is 0. The monoisotopic (exact) mass is 328 g/mol. The average Bonchev–Trinajstić information content (AvgIpc) is 2.66. The lowest BCUT2D eigenvalue weighted by Gasteiger charge is -2.10. The molecule has 1 amide bonds. The first-order valence-electron chi connectivity index (χ1n) is 8.05. The summed E-state index contributed by atoms with van der Waals surface area (Å²) in [6.45, 7) is -0.0466. The van der Waals surface area contributed by atoms with Crippen molar-refractivity contribution in [3.05, 3.63) is 79.0 Å². The molecule has 122 valence electrons. The third-order valence-electron chi connectivity index (χ3n) is 4.01. The predicted molar refractivity (Wildman–Crippen MR) is 99.8 cm³/mol. The highest BCUT2D eigenvalue weighted by atomic mass is 16.5. The Morgan fingerprint density at radius 2 is 1.80 bits per heavy atom. The highest BCUT2D eigenvalue weighted by molar-refractivity contribution is 6.01. The first-order chi connectivity index (χ1) is 12.3. The van der Waals surface area contributed by atoms with Gasteiger partial charge < -0.3 is 10.1 Å². The van der Waals surface area contributed by atoms with Gasteiger partial charge in [0.15, 0.2) is 6.61 Å². The number of anilines is 1. The molecule has 0 saturated heterocycles. The fraction of sp³-hybridized carbons (Fsp3) is 0.0476. The van der Waals surface area contributed by atoms with Crippen LogP contribution in [0.3, 0.4) is 0 Å². The molecule has 0 aliphatic heterocycles. The first kappa shape index (κ1) is 15.1.